The molecule has 2 heterocycles. The number of nitrogens with zero attached hydrogens (tertiary/aromatic N) is 2. The number of carbonyl (C=O) groups is 2. The van der Waals surface area contributed by atoms with Crippen LogP contribution in [0.25, 0.3) is 16.0 Å². The third kappa shape index (κ3) is 5.50. The quantitative estimate of drug-likeness (QED) is 0.0964. The van der Waals surface area contributed by atoms with Crippen LogP contribution in [0.3, 0.4) is 0 Å². The molecule has 3 aromatic carbocycles. The van der Waals surface area contributed by atoms with Crippen molar-refractivity contribution in [1.82, 2.24) is 4.98 Å². The van der Waals surface area contributed by atoms with Crippen LogP contribution in [-0.2, 0) is 9.59 Å². The zero-order valence-corrected chi connectivity index (χ0v) is 24.3. The number of unbranched alkanes of at least 4 members (excludes halogenated alkanes) is 1. The summed E-state index contributed by atoms with van der Waals surface area (Å²) in [5.74, 6) is -0.180. The highest BCUT2D eigenvalue weighted by molar-refractivity contribution is 7.22. The molecule has 5 rings (SSSR count). The zero-order valence-electron chi connectivity index (χ0n) is 23.5. The summed E-state index contributed by atoms with van der Waals surface area (Å²) in [5, 5.41) is 11.9. The fourth-order valence-corrected chi connectivity index (χ4v) is 5.89. The highest BCUT2D eigenvalue weighted by Gasteiger charge is 2.48. The predicted molar refractivity (Wildman–Crippen MR) is 160 cm³/mol. The molecule has 1 amide bonds. The summed E-state index contributed by atoms with van der Waals surface area (Å²) in [6, 6.07) is 16.9. The molecule has 0 spiro atoms. The maximum atomic E-state index is 13.6. The molecule has 1 unspecified atom stereocenters. The van der Waals surface area contributed by atoms with Gasteiger partial charge >= 0.3 is 5.91 Å². The number of rotatable bonds is 10. The number of carbonyl (C=O) groups excluding carboxylic acids is 2. The second-order valence-corrected chi connectivity index (χ2v) is 10.7. The van der Waals surface area contributed by atoms with Gasteiger partial charge in [0, 0.05) is 5.56 Å². The number of aryl methyl sites for hydroxylation is 1. The number of benzene rings is 3. The van der Waals surface area contributed by atoms with Gasteiger partial charge in [-0.15, -0.1) is 0 Å². The first-order chi connectivity index (χ1) is 19.9. The number of aliphatic hydroxyl groups excluding tert-OH is 1. The molecular formula is C32H32N2O6S. The monoisotopic (exact) mass is 572 g/mol. The minimum Gasteiger partial charge on any atom is -0.507 e. The van der Waals surface area contributed by atoms with E-state index in [1.807, 2.05) is 32.0 Å². The number of aromatic nitrogens is 1. The van der Waals surface area contributed by atoms with Crippen LogP contribution in [-0.4, -0.2) is 42.1 Å². The number of ketones is 1. The average Bonchev–Trinajstić information content (AvgIpc) is 3.50. The topological polar surface area (TPSA) is 98.2 Å². The second-order valence-electron chi connectivity index (χ2n) is 9.71. The van der Waals surface area contributed by atoms with Crippen LogP contribution < -0.4 is 19.1 Å². The van der Waals surface area contributed by atoms with Crippen molar-refractivity contribution in [3.8, 4) is 17.2 Å². The first-order valence-corrected chi connectivity index (χ1v) is 14.4. The summed E-state index contributed by atoms with van der Waals surface area (Å²) in [6.45, 7) is 6.98. The summed E-state index contributed by atoms with van der Waals surface area (Å²) in [4.78, 5) is 33.3. The van der Waals surface area contributed by atoms with E-state index in [2.05, 4.69) is 6.92 Å². The molecule has 212 valence electrons. The number of hydrogen-bond acceptors (Lipinski definition) is 8. The third-order valence-electron chi connectivity index (χ3n) is 6.88. The van der Waals surface area contributed by atoms with E-state index in [1.54, 1.807) is 49.6 Å². The number of Topliss-reactive ketones (excluding diaryl/α,β-unsaturated/α-hetero) is 1. The van der Waals surface area contributed by atoms with Gasteiger partial charge in [-0.3, -0.25) is 14.5 Å². The molecule has 4 aromatic rings. The lowest BCUT2D eigenvalue weighted by Gasteiger charge is -2.24. The Hall–Kier alpha value is -4.37. The van der Waals surface area contributed by atoms with Crippen molar-refractivity contribution in [3.63, 3.8) is 0 Å². The van der Waals surface area contributed by atoms with Gasteiger partial charge in [-0.2, -0.15) is 0 Å². The van der Waals surface area contributed by atoms with E-state index in [0.29, 0.717) is 46.7 Å². The molecule has 0 bridgehead atoms. The number of hydrogen-bond donors (Lipinski definition) is 1. The smallest absolute Gasteiger partial charge is 0.301 e. The van der Waals surface area contributed by atoms with Crippen molar-refractivity contribution in [1.29, 1.82) is 0 Å². The molecule has 1 atom stereocenters. The van der Waals surface area contributed by atoms with Crippen LogP contribution in [0.5, 0.6) is 17.2 Å². The second kappa shape index (κ2) is 12.0. The molecule has 41 heavy (non-hydrogen) atoms. The molecule has 0 radical (unpaired) electrons. The van der Waals surface area contributed by atoms with Crippen LogP contribution in [0.1, 0.15) is 49.4 Å². The summed E-state index contributed by atoms with van der Waals surface area (Å²) in [6.07, 6.45) is 1.88. The minimum absolute atomic E-state index is 0.0312. The van der Waals surface area contributed by atoms with E-state index >= 15 is 0 Å². The van der Waals surface area contributed by atoms with E-state index in [9.17, 15) is 14.7 Å². The molecule has 1 saturated heterocycles. The minimum atomic E-state index is -0.943. The van der Waals surface area contributed by atoms with Gasteiger partial charge < -0.3 is 19.3 Å². The molecule has 0 aliphatic carbocycles. The maximum Gasteiger partial charge on any atom is 0.301 e. The van der Waals surface area contributed by atoms with Gasteiger partial charge in [-0.05, 0) is 79.9 Å². The van der Waals surface area contributed by atoms with E-state index in [4.69, 9.17) is 19.2 Å². The molecule has 1 aliphatic heterocycles. The number of aliphatic hydroxyl groups is 1. The Morgan fingerprint density at radius 1 is 1.00 bits per heavy atom. The Morgan fingerprint density at radius 3 is 2.49 bits per heavy atom. The lowest BCUT2D eigenvalue weighted by molar-refractivity contribution is -0.132. The van der Waals surface area contributed by atoms with Crippen molar-refractivity contribution in [2.75, 3.05) is 25.2 Å². The Labute approximate surface area is 242 Å². The number of methoxy groups -OCH3 is 1. The highest BCUT2D eigenvalue weighted by Crippen LogP contribution is 2.46. The Balaban J connectivity index is 1.66. The fourth-order valence-electron chi connectivity index (χ4n) is 4.80. The SMILES string of the molecule is CCCCOc1ccc(C2C(=C(O)c3ccc(OCC)cc3)C(=O)C(=O)N2c2nc3ccc(C)cc3s2)cc1OC. The molecule has 0 saturated carbocycles. The summed E-state index contributed by atoms with van der Waals surface area (Å²) in [5.41, 5.74) is 2.72. The fraction of sp³-hybridized carbons (Fsp3) is 0.281. The Kier molecular flexibility index (Phi) is 8.26. The van der Waals surface area contributed by atoms with Crippen molar-refractivity contribution in [2.45, 2.75) is 39.7 Å². The van der Waals surface area contributed by atoms with Gasteiger partial charge in [-0.25, -0.2) is 4.98 Å². The van der Waals surface area contributed by atoms with Crippen LogP contribution in [0.4, 0.5) is 5.13 Å². The van der Waals surface area contributed by atoms with Crippen LogP contribution >= 0.6 is 11.3 Å². The van der Waals surface area contributed by atoms with Gasteiger partial charge in [0.15, 0.2) is 16.6 Å². The summed E-state index contributed by atoms with van der Waals surface area (Å²) in [7, 11) is 1.54. The average molecular weight is 573 g/mol. The van der Waals surface area contributed by atoms with Gasteiger partial charge in [0.1, 0.15) is 11.5 Å². The molecule has 1 fully saturated rings. The zero-order chi connectivity index (χ0) is 29.1. The summed E-state index contributed by atoms with van der Waals surface area (Å²) < 4.78 is 18.0. The van der Waals surface area contributed by atoms with E-state index < -0.39 is 17.7 Å². The lowest BCUT2D eigenvalue weighted by atomic mass is 9.95. The van der Waals surface area contributed by atoms with Gasteiger partial charge in [-0.1, -0.05) is 36.8 Å². The lowest BCUT2D eigenvalue weighted by Crippen LogP contribution is -2.29. The van der Waals surface area contributed by atoms with Crippen LogP contribution in [0.2, 0.25) is 0 Å². The number of amides is 1. The number of anilines is 1. The first kappa shape index (κ1) is 28.2. The predicted octanol–water partition coefficient (Wildman–Crippen LogP) is 6.82. The number of thiazole rings is 1. The largest absolute Gasteiger partial charge is 0.507 e. The Bertz CT molecular complexity index is 1630. The third-order valence-corrected chi connectivity index (χ3v) is 7.90. The van der Waals surface area contributed by atoms with E-state index in [-0.39, 0.29) is 11.3 Å². The van der Waals surface area contributed by atoms with Crippen molar-refractivity contribution in [2.24, 2.45) is 0 Å². The first-order valence-electron chi connectivity index (χ1n) is 13.6. The van der Waals surface area contributed by atoms with E-state index in [1.165, 1.54) is 16.2 Å². The van der Waals surface area contributed by atoms with Crippen molar-refractivity contribution >= 4 is 44.1 Å². The molecule has 1 aromatic heterocycles. The Morgan fingerprint density at radius 2 is 1.78 bits per heavy atom. The molecule has 1 N–H and O–H groups in total. The number of ether oxygens (including phenoxy) is 3. The van der Waals surface area contributed by atoms with Crippen molar-refractivity contribution in [3.05, 3.63) is 82.9 Å². The standard InChI is InChI=1S/C32H32N2O6S/c1-5-7-16-40-24-15-11-21(18-25(24)38-4)28-27(29(35)20-9-12-22(13-10-20)39-6-2)30(36)31(37)34(28)32-33-23-14-8-19(3)17-26(23)41-32/h8-15,17-18,28,35H,5-7,16H2,1-4H3. The van der Waals surface area contributed by atoms with Crippen molar-refractivity contribution < 1.29 is 28.9 Å². The van der Waals surface area contributed by atoms with Gasteiger partial charge in [0.25, 0.3) is 5.78 Å². The number of fused-ring (bicyclic) bond motifs is 1. The van der Waals surface area contributed by atoms with Gasteiger partial charge in [0.05, 0.1) is 42.2 Å². The van der Waals surface area contributed by atoms with Gasteiger partial charge in [0.2, 0.25) is 0 Å². The molecule has 8 nitrogen and oxygen atoms in total. The van der Waals surface area contributed by atoms with E-state index in [0.717, 1.165) is 28.6 Å². The summed E-state index contributed by atoms with van der Waals surface area (Å²) >= 11 is 1.32. The molecule has 9 heteroatoms. The molecule has 1 aliphatic rings. The molecular weight excluding hydrogens is 540 g/mol. The normalized spacial score (nSPS) is 16.4. The highest BCUT2D eigenvalue weighted by atomic mass is 32.1. The maximum absolute atomic E-state index is 13.6. The van der Waals surface area contributed by atoms with Crippen LogP contribution in [0.15, 0.2) is 66.2 Å². The van der Waals surface area contributed by atoms with Crippen LogP contribution in [0, 0.1) is 6.92 Å².